The number of halogens is 1. The molecule has 6 heteroatoms. The zero-order valence-corrected chi connectivity index (χ0v) is 16.3. The van der Waals surface area contributed by atoms with Crippen LogP contribution in [0.5, 0.6) is 5.75 Å². The normalized spacial score (nSPS) is 15.9. The zero-order chi connectivity index (χ0) is 19.3. The van der Waals surface area contributed by atoms with Gasteiger partial charge in [-0.1, -0.05) is 17.7 Å². The van der Waals surface area contributed by atoms with Gasteiger partial charge in [0, 0.05) is 42.5 Å². The highest BCUT2D eigenvalue weighted by molar-refractivity contribution is 6.30. The average Bonchev–Trinajstić information content (AvgIpc) is 3.25. The second-order valence-electron chi connectivity index (χ2n) is 6.96. The smallest absolute Gasteiger partial charge is 0.244 e. The van der Waals surface area contributed by atoms with Crippen molar-refractivity contribution in [1.29, 1.82) is 0 Å². The number of aromatic nitrogens is 1. The number of benzene rings is 1. The number of pyridine rings is 1. The molecule has 0 aliphatic carbocycles. The highest BCUT2D eigenvalue weighted by Gasteiger charge is 2.14. The number of hydrogen-bond acceptors (Lipinski definition) is 4. The molecule has 1 saturated heterocycles. The Hall–Kier alpha value is -2.79. The van der Waals surface area contributed by atoms with Gasteiger partial charge in [0.25, 0.3) is 0 Å². The number of anilines is 1. The number of amides is 1. The van der Waals surface area contributed by atoms with E-state index in [1.165, 1.54) is 18.9 Å². The standard InChI is InChI=1S/C22H22ClN3O2/c23-19-4-5-20-18(13-19)11-17(15-28-20)3-6-22(27)25-14-16-7-8-24-21(12-16)26-9-1-2-10-26/h3-8,11-13H,1-2,9-10,14-15H2,(H,25,27)/b6-3+. The SMILES string of the molecule is O=C(/C=C/C1=Cc2cc(Cl)ccc2OC1)NCc1ccnc(N2CCCC2)c1. The molecule has 144 valence electrons. The maximum atomic E-state index is 12.2. The van der Waals surface area contributed by atoms with Gasteiger partial charge in [-0.3, -0.25) is 4.79 Å². The highest BCUT2D eigenvalue weighted by Crippen LogP contribution is 2.29. The Morgan fingerprint density at radius 2 is 2.11 bits per heavy atom. The third-order valence-corrected chi connectivity index (χ3v) is 5.10. The topological polar surface area (TPSA) is 54.5 Å². The predicted octanol–water partition coefficient (Wildman–Crippen LogP) is 3.98. The van der Waals surface area contributed by atoms with Crippen LogP contribution in [0.1, 0.15) is 24.0 Å². The number of nitrogens with one attached hydrogen (secondary N) is 1. The van der Waals surface area contributed by atoms with Gasteiger partial charge in [0.1, 0.15) is 18.2 Å². The van der Waals surface area contributed by atoms with Crippen molar-refractivity contribution < 1.29 is 9.53 Å². The first kappa shape index (κ1) is 18.6. The summed E-state index contributed by atoms with van der Waals surface area (Å²) in [5.41, 5.74) is 2.89. The van der Waals surface area contributed by atoms with Crippen LogP contribution in [-0.2, 0) is 11.3 Å². The number of carbonyl (C=O) groups excluding carboxylic acids is 1. The molecule has 0 spiro atoms. The minimum Gasteiger partial charge on any atom is -0.488 e. The number of carbonyl (C=O) groups is 1. The summed E-state index contributed by atoms with van der Waals surface area (Å²) in [7, 11) is 0. The summed E-state index contributed by atoms with van der Waals surface area (Å²) in [6, 6.07) is 9.49. The van der Waals surface area contributed by atoms with Gasteiger partial charge >= 0.3 is 0 Å². The third-order valence-electron chi connectivity index (χ3n) is 4.86. The first-order valence-corrected chi connectivity index (χ1v) is 9.84. The summed E-state index contributed by atoms with van der Waals surface area (Å²) in [5, 5.41) is 3.58. The maximum absolute atomic E-state index is 12.2. The summed E-state index contributed by atoms with van der Waals surface area (Å²) in [6.07, 6.45) is 9.53. The molecule has 1 aromatic carbocycles. The van der Waals surface area contributed by atoms with Crippen molar-refractivity contribution in [2.75, 3.05) is 24.6 Å². The van der Waals surface area contributed by atoms with E-state index in [-0.39, 0.29) is 5.91 Å². The second-order valence-corrected chi connectivity index (χ2v) is 7.39. The van der Waals surface area contributed by atoms with Gasteiger partial charge in [0.15, 0.2) is 0 Å². The van der Waals surface area contributed by atoms with Crippen molar-refractivity contribution in [3.05, 3.63) is 70.4 Å². The Balaban J connectivity index is 1.34. The summed E-state index contributed by atoms with van der Waals surface area (Å²) < 4.78 is 5.69. The first-order valence-electron chi connectivity index (χ1n) is 9.46. The van der Waals surface area contributed by atoms with Crippen molar-refractivity contribution >= 4 is 29.4 Å². The fraction of sp³-hybridized carbons (Fsp3) is 0.273. The van der Waals surface area contributed by atoms with Crippen LogP contribution in [0.2, 0.25) is 5.02 Å². The maximum Gasteiger partial charge on any atom is 0.244 e. The van der Waals surface area contributed by atoms with E-state index in [4.69, 9.17) is 16.3 Å². The van der Waals surface area contributed by atoms with Crippen LogP contribution < -0.4 is 15.0 Å². The molecule has 28 heavy (non-hydrogen) atoms. The molecule has 0 saturated carbocycles. The van der Waals surface area contributed by atoms with Crippen molar-refractivity contribution in [3.63, 3.8) is 0 Å². The monoisotopic (exact) mass is 395 g/mol. The fourth-order valence-corrected chi connectivity index (χ4v) is 3.56. The van der Waals surface area contributed by atoms with Gasteiger partial charge in [-0.25, -0.2) is 4.98 Å². The molecule has 2 aliphatic rings. The summed E-state index contributed by atoms with van der Waals surface area (Å²) in [5.74, 6) is 1.65. The van der Waals surface area contributed by atoms with Crippen molar-refractivity contribution in [1.82, 2.24) is 10.3 Å². The van der Waals surface area contributed by atoms with E-state index in [9.17, 15) is 4.79 Å². The molecular formula is C22H22ClN3O2. The van der Waals surface area contributed by atoms with Crippen molar-refractivity contribution in [2.45, 2.75) is 19.4 Å². The van der Waals surface area contributed by atoms with E-state index >= 15 is 0 Å². The van der Waals surface area contributed by atoms with Crippen LogP contribution in [-0.4, -0.2) is 30.6 Å². The molecule has 1 N–H and O–H groups in total. The number of fused-ring (bicyclic) bond motifs is 1. The number of ether oxygens (including phenoxy) is 1. The molecule has 0 bridgehead atoms. The van der Waals surface area contributed by atoms with E-state index in [1.54, 1.807) is 18.3 Å². The molecule has 5 nitrogen and oxygen atoms in total. The highest BCUT2D eigenvalue weighted by atomic mass is 35.5. The molecule has 2 aromatic rings. The zero-order valence-electron chi connectivity index (χ0n) is 15.5. The molecule has 3 heterocycles. The fourth-order valence-electron chi connectivity index (χ4n) is 3.38. The summed E-state index contributed by atoms with van der Waals surface area (Å²) in [4.78, 5) is 18.9. The van der Waals surface area contributed by atoms with Gasteiger partial charge in [-0.15, -0.1) is 0 Å². The van der Waals surface area contributed by atoms with Gasteiger partial charge < -0.3 is 15.0 Å². The Morgan fingerprint density at radius 3 is 2.96 bits per heavy atom. The molecular weight excluding hydrogens is 374 g/mol. The molecule has 0 atom stereocenters. The van der Waals surface area contributed by atoms with Gasteiger partial charge in [0.2, 0.25) is 5.91 Å². The molecule has 0 radical (unpaired) electrons. The van der Waals surface area contributed by atoms with E-state index < -0.39 is 0 Å². The largest absolute Gasteiger partial charge is 0.488 e. The van der Waals surface area contributed by atoms with Gasteiger partial charge in [-0.2, -0.15) is 0 Å². The Labute approximate surface area is 169 Å². The second kappa shape index (κ2) is 8.48. The molecule has 1 amide bonds. The van der Waals surface area contributed by atoms with E-state index in [2.05, 4.69) is 15.2 Å². The van der Waals surface area contributed by atoms with Gasteiger partial charge in [0.05, 0.1) is 0 Å². The van der Waals surface area contributed by atoms with Crippen LogP contribution >= 0.6 is 11.6 Å². The molecule has 1 fully saturated rings. The van der Waals surface area contributed by atoms with Crippen LogP contribution in [0.25, 0.3) is 6.08 Å². The van der Waals surface area contributed by atoms with E-state index in [0.29, 0.717) is 18.2 Å². The molecule has 0 unspecified atom stereocenters. The van der Waals surface area contributed by atoms with Crippen molar-refractivity contribution in [3.8, 4) is 5.75 Å². The quantitative estimate of drug-likeness (QED) is 0.778. The Kier molecular flexibility index (Phi) is 5.63. The van der Waals surface area contributed by atoms with Crippen molar-refractivity contribution in [2.24, 2.45) is 0 Å². The number of rotatable bonds is 5. The van der Waals surface area contributed by atoms with Crippen LogP contribution in [0.3, 0.4) is 0 Å². The minimum atomic E-state index is -0.141. The lowest BCUT2D eigenvalue weighted by Crippen LogP contribution is -2.22. The third kappa shape index (κ3) is 4.54. The molecule has 2 aliphatic heterocycles. The van der Waals surface area contributed by atoms with Gasteiger partial charge in [-0.05, 0) is 60.4 Å². The summed E-state index contributed by atoms with van der Waals surface area (Å²) in [6.45, 7) is 3.01. The number of hydrogen-bond donors (Lipinski definition) is 1. The van der Waals surface area contributed by atoms with E-state index in [0.717, 1.165) is 41.4 Å². The average molecular weight is 396 g/mol. The Morgan fingerprint density at radius 1 is 1.25 bits per heavy atom. The lowest BCUT2D eigenvalue weighted by molar-refractivity contribution is -0.116. The molecule has 4 rings (SSSR count). The lowest BCUT2D eigenvalue weighted by atomic mass is 10.1. The Bertz CT molecular complexity index is 933. The van der Waals surface area contributed by atoms with Crippen LogP contribution in [0.4, 0.5) is 5.82 Å². The summed E-state index contributed by atoms with van der Waals surface area (Å²) >= 11 is 6.03. The van der Waals surface area contributed by atoms with Crippen LogP contribution in [0.15, 0.2) is 54.3 Å². The predicted molar refractivity (Wildman–Crippen MR) is 112 cm³/mol. The first-order chi connectivity index (χ1) is 13.7. The molecule has 1 aromatic heterocycles. The number of nitrogens with zero attached hydrogens (tertiary/aromatic N) is 2. The minimum absolute atomic E-state index is 0.141. The lowest BCUT2D eigenvalue weighted by Gasteiger charge is -2.17. The van der Waals surface area contributed by atoms with E-state index in [1.807, 2.05) is 30.3 Å². The van der Waals surface area contributed by atoms with Crippen LogP contribution in [0, 0.1) is 0 Å².